The highest BCUT2D eigenvalue weighted by Crippen LogP contribution is 2.40. The number of pyridine rings is 1. The van der Waals surface area contributed by atoms with Gasteiger partial charge in [0.15, 0.2) is 0 Å². The van der Waals surface area contributed by atoms with Crippen molar-refractivity contribution in [2.24, 2.45) is 5.73 Å². The lowest BCUT2D eigenvalue weighted by Crippen LogP contribution is -2.33. The van der Waals surface area contributed by atoms with Gasteiger partial charge in [-0.1, -0.05) is 12.1 Å². The first-order valence-electron chi connectivity index (χ1n) is 8.04. The lowest BCUT2D eigenvalue weighted by Gasteiger charge is -2.27. The summed E-state index contributed by atoms with van der Waals surface area (Å²) < 4.78 is 25.9. The Labute approximate surface area is 149 Å². The van der Waals surface area contributed by atoms with Crippen molar-refractivity contribution in [2.75, 3.05) is 13.7 Å². The first kappa shape index (κ1) is 17.7. The molecule has 2 heterocycles. The summed E-state index contributed by atoms with van der Waals surface area (Å²) >= 11 is 0. The summed E-state index contributed by atoms with van der Waals surface area (Å²) in [6.07, 6.45) is 0. The lowest BCUT2D eigenvalue weighted by atomic mass is 9.84. The Balaban J connectivity index is 2.28. The molecule has 0 spiro atoms. The van der Waals surface area contributed by atoms with Crippen molar-refractivity contribution in [1.29, 1.82) is 5.26 Å². The molecule has 1 aromatic carbocycles. The monoisotopic (exact) mass is 355 g/mol. The van der Waals surface area contributed by atoms with Crippen molar-refractivity contribution in [3.05, 3.63) is 74.8 Å². The van der Waals surface area contributed by atoms with E-state index < -0.39 is 11.7 Å². The summed E-state index contributed by atoms with van der Waals surface area (Å²) in [5.74, 6) is -1.05. The van der Waals surface area contributed by atoms with Crippen LogP contribution in [0.2, 0.25) is 0 Å². The molecule has 0 saturated carbocycles. The van der Waals surface area contributed by atoms with Gasteiger partial charge in [-0.2, -0.15) is 5.26 Å². The molecule has 0 aliphatic carbocycles. The van der Waals surface area contributed by atoms with Crippen LogP contribution >= 0.6 is 0 Å². The zero-order valence-corrected chi connectivity index (χ0v) is 14.5. The first-order chi connectivity index (χ1) is 12.5. The molecule has 0 fully saturated rings. The van der Waals surface area contributed by atoms with E-state index in [-0.39, 0.29) is 28.3 Å². The highest BCUT2D eigenvalue weighted by molar-refractivity contribution is 5.55. The number of nitrogens with zero attached hydrogens (tertiary/aromatic N) is 2. The number of halogens is 1. The van der Waals surface area contributed by atoms with E-state index in [0.29, 0.717) is 24.4 Å². The summed E-state index contributed by atoms with van der Waals surface area (Å²) in [6.45, 7) is 2.48. The molecule has 0 amide bonds. The molecule has 7 heteroatoms. The van der Waals surface area contributed by atoms with Crippen LogP contribution in [0.3, 0.4) is 0 Å². The quantitative estimate of drug-likeness (QED) is 0.908. The molecule has 3 rings (SSSR count). The molecule has 0 saturated heterocycles. The number of fused-ring (bicyclic) bond motifs is 1. The number of methoxy groups -OCH3 is 1. The van der Waals surface area contributed by atoms with E-state index in [9.17, 15) is 14.4 Å². The molecule has 26 heavy (non-hydrogen) atoms. The van der Waals surface area contributed by atoms with Gasteiger partial charge < -0.3 is 19.8 Å². The molecule has 1 aromatic heterocycles. The van der Waals surface area contributed by atoms with E-state index in [1.54, 1.807) is 30.7 Å². The fourth-order valence-electron chi connectivity index (χ4n) is 3.17. The zero-order chi connectivity index (χ0) is 18.8. The van der Waals surface area contributed by atoms with Crippen molar-refractivity contribution in [3.8, 4) is 11.8 Å². The van der Waals surface area contributed by atoms with Gasteiger partial charge in [0, 0.05) is 25.4 Å². The van der Waals surface area contributed by atoms with Crippen LogP contribution in [-0.2, 0) is 11.3 Å². The second kappa shape index (κ2) is 7.02. The molecule has 0 bridgehead atoms. The van der Waals surface area contributed by atoms with Crippen LogP contribution < -0.4 is 16.0 Å². The number of hydrogen-bond acceptors (Lipinski definition) is 5. The fourth-order valence-corrected chi connectivity index (χ4v) is 3.17. The van der Waals surface area contributed by atoms with Gasteiger partial charge in [-0.25, -0.2) is 4.39 Å². The Morgan fingerprint density at radius 2 is 2.19 bits per heavy atom. The highest BCUT2D eigenvalue weighted by Gasteiger charge is 2.34. The topological polar surface area (TPSA) is 90.3 Å². The van der Waals surface area contributed by atoms with Crippen molar-refractivity contribution in [1.82, 2.24) is 4.57 Å². The maximum absolute atomic E-state index is 13.8. The molecule has 0 radical (unpaired) electrons. The van der Waals surface area contributed by atoms with Crippen LogP contribution in [0.25, 0.3) is 0 Å². The van der Waals surface area contributed by atoms with Crippen LogP contribution in [0.15, 0.2) is 46.6 Å². The summed E-state index contributed by atoms with van der Waals surface area (Å²) in [4.78, 5) is 13.1. The number of rotatable bonds is 4. The number of hydrogen-bond donors (Lipinski definition) is 1. The molecular weight excluding hydrogens is 337 g/mol. The van der Waals surface area contributed by atoms with Crippen molar-refractivity contribution in [2.45, 2.75) is 19.4 Å². The molecule has 1 aliphatic heterocycles. The fraction of sp³-hybridized carbons (Fsp3) is 0.263. The van der Waals surface area contributed by atoms with Crippen molar-refractivity contribution >= 4 is 0 Å². The smallest absolute Gasteiger partial charge is 0.258 e. The standard InChI is InChI=1S/C19H18FN3O3/c1-11-8-15-17(19(24)23(11)6-7-25-2)16(14(10-21)18(22)26-15)12-4-3-5-13(20)9-12/h3-5,8-9,16H,6-7,22H2,1-2H3. The van der Waals surface area contributed by atoms with Gasteiger partial charge in [-0.05, 0) is 24.6 Å². The van der Waals surface area contributed by atoms with Gasteiger partial charge in [0.05, 0.1) is 18.1 Å². The Morgan fingerprint density at radius 1 is 1.42 bits per heavy atom. The molecule has 2 N–H and O–H groups in total. The SMILES string of the molecule is COCCn1c(C)cc2c(c1=O)C(c1cccc(F)c1)C(C#N)=C(N)O2. The average Bonchev–Trinajstić information content (AvgIpc) is 2.60. The second-order valence-corrected chi connectivity index (χ2v) is 5.99. The normalized spacial score (nSPS) is 16.0. The minimum absolute atomic E-state index is 0.0808. The Kier molecular flexibility index (Phi) is 4.78. The summed E-state index contributed by atoms with van der Waals surface area (Å²) in [5.41, 5.74) is 7.08. The van der Waals surface area contributed by atoms with Gasteiger partial charge in [-0.15, -0.1) is 0 Å². The molecule has 1 atom stereocenters. The number of ether oxygens (including phenoxy) is 2. The maximum Gasteiger partial charge on any atom is 0.258 e. The Hall–Kier alpha value is -3.11. The third-order valence-corrected chi connectivity index (χ3v) is 4.39. The molecule has 1 aliphatic rings. The molecule has 1 unspecified atom stereocenters. The van der Waals surface area contributed by atoms with E-state index in [1.165, 1.54) is 18.2 Å². The van der Waals surface area contributed by atoms with Gasteiger partial charge >= 0.3 is 0 Å². The van der Waals surface area contributed by atoms with E-state index in [2.05, 4.69) is 0 Å². The third kappa shape index (κ3) is 2.95. The number of allylic oxidation sites excluding steroid dienone is 1. The minimum atomic E-state index is -0.790. The third-order valence-electron chi connectivity index (χ3n) is 4.39. The number of aromatic nitrogens is 1. The number of nitriles is 1. The second-order valence-electron chi connectivity index (χ2n) is 5.99. The van der Waals surface area contributed by atoms with Gasteiger partial charge in [0.1, 0.15) is 23.2 Å². The van der Waals surface area contributed by atoms with Crippen LogP contribution in [-0.4, -0.2) is 18.3 Å². The number of benzene rings is 1. The van der Waals surface area contributed by atoms with E-state index in [0.717, 1.165) is 0 Å². The van der Waals surface area contributed by atoms with Crippen LogP contribution in [0, 0.1) is 24.1 Å². The Bertz CT molecular complexity index is 988. The Morgan fingerprint density at radius 3 is 2.85 bits per heavy atom. The van der Waals surface area contributed by atoms with Crippen LogP contribution in [0.4, 0.5) is 4.39 Å². The predicted molar refractivity (Wildman–Crippen MR) is 93.0 cm³/mol. The van der Waals surface area contributed by atoms with Gasteiger partial charge in [0.25, 0.3) is 5.56 Å². The zero-order valence-electron chi connectivity index (χ0n) is 14.5. The molecule has 2 aromatic rings. The van der Waals surface area contributed by atoms with E-state index in [4.69, 9.17) is 15.2 Å². The summed E-state index contributed by atoms with van der Waals surface area (Å²) in [6, 6.07) is 9.48. The van der Waals surface area contributed by atoms with Crippen molar-refractivity contribution < 1.29 is 13.9 Å². The van der Waals surface area contributed by atoms with E-state index in [1.807, 2.05) is 6.07 Å². The first-order valence-corrected chi connectivity index (χ1v) is 8.04. The average molecular weight is 355 g/mol. The summed E-state index contributed by atoms with van der Waals surface area (Å²) in [5, 5.41) is 9.55. The van der Waals surface area contributed by atoms with Gasteiger partial charge in [-0.3, -0.25) is 4.79 Å². The largest absolute Gasteiger partial charge is 0.440 e. The molecular formula is C19H18FN3O3. The van der Waals surface area contributed by atoms with Crippen LogP contribution in [0.1, 0.15) is 22.7 Å². The van der Waals surface area contributed by atoms with Crippen molar-refractivity contribution in [3.63, 3.8) is 0 Å². The van der Waals surface area contributed by atoms with Gasteiger partial charge in [0.2, 0.25) is 5.88 Å². The number of nitrogens with two attached hydrogens (primary N) is 1. The minimum Gasteiger partial charge on any atom is -0.440 e. The predicted octanol–water partition coefficient (Wildman–Crippen LogP) is 2.16. The number of aryl methyl sites for hydroxylation is 1. The summed E-state index contributed by atoms with van der Waals surface area (Å²) in [7, 11) is 1.55. The lowest BCUT2D eigenvalue weighted by molar-refractivity contribution is 0.185. The molecule has 134 valence electrons. The van der Waals surface area contributed by atoms with Crippen LogP contribution in [0.5, 0.6) is 5.75 Å². The maximum atomic E-state index is 13.8. The highest BCUT2D eigenvalue weighted by atomic mass is 19.1. The van der Waals surface area contributed by atoms with E-state index >= 15 is 0 Å². The molecule has 6 nitrogen and oxygen atoms in total.